The second-order valence-electron chi connectivity index (χ2n) is 5.18. The number of hydrogen-bond acceptors (Lipinski definition) is 2. The number of hydrogen-bond donors (Lipinski definition) is 2. The molecule has 2 rings (SSSR count). The molecule has 2 amide bonds. The highest BCUT2D eigenvalue weighted by atomic mass is 16.2. The normalized spacial score (nSPS) is 11.9. The Morgan fingerprint density at radius 1 is 1.00 bits per heavy atom. The number of nitrogens with one attached hydrogen (secondary N) is 2. The second kappa shape index (κ2) is 8.54. The van der Waals surface area contributed by atoms with Crippen LogP contribution in [-0.4, -0.2) is 17.9 Å². The predicted octanol–water partition coefficient (Wildman–Crippen LogP) is 2.52. The molecule has 0 saturated carbocycles. The van der Waals surface area contributed by atoms with Crippen molar-refractivity contribution in [1.29, 1.82) is 0 Å². The molecule has 0 bridgehead atoms. The van der Waals surface area contributed by atoms with Gasteiger partial charge < -0.3 is 10.6 Å². The van der Waals surface area contributed by atoms with Crippen molar-refractivity contribution in [1.82, 2.24) is 10.6 Å². The summed E-state index contributed by atoms with van der Waals surface area (Å²) in [5.41, 5.74) is 1.95. The third-order valence-corrected chi connectivity index (χ3v) is 3.29. The summed E-state index contributed by atoms with van der Waals surface area (Å²) in [6.45, 7) is 2.11. The van der Waals surface area contributed by atoms with E-state index in [0.717, 1.165) is 11.1 Å². The van der Waals surface area contributed by atoms with Crippen molar-refractivity contribution in [3.8, 4) is 0 Å². The zero-order valence-corrected chi connectivity index (χ0v) is 13.0. The molecule has 0 heterocycles. The molecule has 0 aliphatic carbocycles. The maximum atomic E-state index is 12.0. The van der Waals surface area contributed by atoms with E-state index >= 15 is 0 Å². The van der Waals surface area contributed by atoms with Gasteiger partial charge in [0.25, 0.3) is 0 Å². The van der Waals surface area contributed by atoms with Gasteiger partial charge in [-0.05, 0) is 24.1 Å². The van der Waals surface area contributed by atoms with E-state index in [1.165, 1.54) is 6.08 Å². The first-order chi connectivity index (χ1) is 11.1. The SMILES string of the molecule is CC(NC(=O)/C=C/c1ccccc1)C(=O)NCc1ccccc1. The smallest absolute Gasteiger partial charge is 0.244 e. The first-order valence-electron chi connectivity index (χ1n) is 7.50. The number of rotatable bonds is 6. The van der Waals surface area contributed by atoms with Gasteiger partial charge >= 0.3 is 0 Å². The molecule has 2 aromatic carbocycles. The monoisotopic (exact) mass is 308 g/mol. The fraction of sp³-hybridized carbons (Fsp3) is 0.158. The molecular weight excluding hydrogens is 288 g/mol. The van der Waals surface area contributed by atoms with Crippen molar-refractivity contribution in [3.05, 3.63) is 77.9 Å². The molecule has 4 nitrogen and oxygen atoms in total. The molecule has 118 valence electrons. The third kappa shape index (κ3) is 5.79. The predicted molar refractivity (Wildman–Crippen MR) is 91.4 cm³/mol. The fourth-order valence-corrected chi connectivity index (χ4v) is 2.00. The molecule has 0 radical (unpaired) electrons. The Hall–Kier alpha value is -2.88. The molecule has 0 aliphatic rings. The van der Waals surface area contributed by atoms with E-state index in [9.17, 15) is 9.59 Å². The number of amides is 2. The van der Waals surface area contributed by atoms with Crippen molar-refractivity contribution in [2.24, 2.45) is 0 Å². The summed E-state index contributed by atoms with van der Waals surface area (Å²) in [6.07, 6.45) is 3.14. The highest BCUT2D eigenvalue weighted by Crippen LogP contribution is 2.01. The van der Waals surface area contributed by atoms with Crippen molar-refractivity contribution in [2.45, 2.75) is 19.5 Å². The number of carbonyl (C=O) groups is 2. The summed E-state index contributed by atoms with van der Waals surface area (Å²) in [5, 5.41) is 5.45. The van der Waals surface area contributed by atoms with Crippen LogP contribution in [0.3, 0.4) is 0 Å². The zero-order chi connectivity index (χ0) is 16.5. The van der Waals surface area contributed by atoms with Gasteiger partial charge in [0.15, 0.2) is 0 Å². The molecule has 1 atom stereocenters. The summed E-state index contributed by atoms with van der Waals surface area (Å²) in [4.78, 5) is 23.8. The minimum absolute atomic E-state index is 0.213. The van der Waals surface area contributed by atoms with Crippen molar-refractivity contribution < 1.29 is 9.59 Å². The molecule has 2 aromatic rings. The lowest BCUT2D eigenvalue weighted by atomic mass is 10.2. The molecule has 4 heteroatoms. The average Bonchev–Trinajstić information content (AvgIpc) is 2.59. The topological polar surface area (TPSA) is 58.2 Å². The summed E-state index contributed by atoms with van der Waals surface area (Å²) < 4.78 is 0. The van der Waals surface area contributed by atoms with Crippen LogP contribution in [0.15, 0.2) is 66.7 Å². The summed E-state index contributed by atoms with van der Waals surface area (Å²) in [7, 11) is 0. The number of carbonyl (C=O) groups excluding carboxylic acids is 2. The van der Waals surface area contributed by atoms with Crippen LogP contribution in [0.4, 0.5) is 0 Å². The first-order valence-corrected chi connectivity index (χ1v) is 7.50. The Morgan fingerprint density at radius 2 is 1.61 bits per heavy atom. The molecule has 0 aromatic heterocycles. The van der Waals surface area contributed by atoms with Gasteiger partial charge in [0.1, 0.15) is 6.04 Å². The zero-order valence-electron chi connectivity index (χ0n) is 13.0. The highest BCUT2D eigenvalue weighted by Gasteiger charge is 2.13. The molecule has 2 N–H and O–H groups in total. The minimum atomic E-state index is -0.591. The summed E-state index contributed by atoms with van der Waals surface area (Å²) >= 11 is 0. The second-order valence-corrected chi connectivity index (χ2v) is 5.18. The lowest BCUT2D eigenvalue weighted by Crippen LogP contribution is -2.44. The van der Waals surface area contributed by atoms with Crippen LogP contribution in [-0.2, 0) is 16.1 Å². The van der Waals surface area contributed by atoms with E-state index in [0.29, 0.717) is 6.54 Å². The molecule has 0 aliphatic heterocycles. The highest BCUT2D eigenvalue weighted by molar-refractivity contribution is 5.95. The van der Waals surface area contributed by atoms with E-state index in [1.807, 2.05) is 60.7 Å². The molecule has 1 unspecified atom stereocenters. The van der Waals surface area contributed by atoms with Gasteiger partial charge in [0, 0.05) is 12.6 Å². The Balaban J connectivity index is 1.78. The Kier molecular flexibility index (Phi) is 6.12. The van der Waals surface area contributed by atoms with Crippen LogP contribution in [0.25, 0.3) is 6.08 Å². The third-order valence-electron chi connectivity index (χ3n) is 3.29. The summed E-state index contributed by atoms with van der Waals surface area (Å²) in [6, 6.07) is 18.6. The quantitative estimate of drug-likeness (QED) is 0.806. The maximum absolute atomic E-state index is 12.0. The van der Waals surface area contributed by atoms with E-state index in [4.69, 9.17) is 0 Å². The molecule has 0 saturated heterocycles. The van der Waals surface area contributed by atoms with Crippen molar-refractivity contribution in [2.75, 3.05) is 0 Å². The summed E-state index contributed by atoms with van der Waals surface area (Å²) in [5.74, 6) is -0.508. The van der Waals surface area contributed by atoms with E-state index < -0.39 is 6.04 Å². The van der Waals surface area contributed by atoms with Crippen molar-refractivity contribution >= 4 is 17.9 Å². The lowest BCUT2D eigenvalue weighted by Gasteiger charge is -2.13. The Labute approximate surface area is 136 Å². The van der Waals surface area contributed by atoms with Crippen LogP contribution in [0, 0.1) is 0 Å². The average molecular weight is 308 g/mol. The molecule has 0 fully saturated rings. The van der Waals surface area contributed by atoms with E-state index in [2.05, 4.69) is 10.6 Å². The lowest BCUT2D eigenvalue weighted by molar-refractivity contribution is -0.126. The van der Waals surface area contributed by atoms with Gasteiger partial charge in [-0.15, -0.1) is 0 Å². The Bertz CT molecular complexity index is 666. The van der Waals surface area contributed by atoms with Gasteiger partial charge in [0.05, 0.1) is 0 Å². The molecule has 23 heavy (non-hydrogen) atoms. The van der Waals surface area contributed by atoms with Crippen molar-refractivity contribution in [3.63, 3.8) is 0 Å². The van der Waals surface area contributed by atoms with Crippen LogP contribution in [0.2, 0.25) is 0 Å². The van der Waals surface area contributed by atoms with Gasteiger partial charge in [-0.2, -0.15) is 0 Å². The first kappa shape index (κ1) is 16.5. The molecular formula is C19H20N2O2. The maximum Gasteiger partial charge on any atom is 0.244 e. The van der Waals surface area contributed by atoms with Gasteiger partial charge in [-0.3, -0.25) is 9.59 Å². The van der Waals surface area contributed by atoms with Gasteiger partial charge in [0.2, 0.25) is 11.8 Å². The van der Waals surface area contributed by atoms with Gasteiger partial charge in [-0.1, -0.05) is 60.7 Å². The fourth-order valence-electron chi connectivity index (χ4n) is 2.00. The van der Waals surface area contributed by atoms with Crippen LogP contribution >= 0.6 is 0 Å². The van der Waals surface area contributed by atoms with Crippen LogP contribution in [0.1, 0.15) is 18.1 Å². The van der Waals surface area contributed by atoms with E-state index in [-0.39, 0.29) is 11.8 Å². The molecule has 0 spiro atoms. The van der Waals surface area contributed by atoms with Crippen LogP contribution in [0.5, 0.6) is 0 Å². The number of benzene rings is 2. The van der Waals surface area contributed by atoms with E-state index in [1.54, 1.807) is 13.0 Å². The minimum Gasteiger partial charge on any atom is -0.350 e. The largest absolute Gasteiger partial charge is 0.350 e. The standard InChI is InChI=1S/C19H20N2O2/c1-15(19(23)20-14-17-10-6-3-7-11-17)21-18(22)13-12-16-8-4-2-5-9-16/h2-13,15H,14H2,1H3,(H,20,23)(H,21,22)/b13-12+. The Morgan fingerprint density at radius 3 is 2.26 bits per heavy atom. The van der Waals surface area contributed by atoms with Crippen LogP contribution < -0.4 is 10.6 Å². The van der Waals surface area contributed by atoms with Gasteiger partial charge in [-0.25, -0.2) is 0 Å².